The molecular weight excluding hydrogens is 250 g/mol. The largest absolute Gasteiger partial charge is 0.491 e. The Hall–Kier alpha value is -1.32. The summed E-state index contributed by atoms with van der Waals surface area (Å²) in [7, 11) is 0. The van der Waals surface area contributed by atoms with Crippen molar-refractivity contribution in [3.8, 4) is 5.75 Å². The van der Waals surface area contributed by atoms with E-state index in [1.165, 1.54) is 5.56 Å². The van der Waals surface area contributed by atoms with E-state index in [-0.39, 0.29) is 5.54 Å². The van der Waals surface area contributed by atoms with Crippen LogP contribution in [0.1, 0.15) is 32.8 Å². The molecule has 0 aliphatic heterocycles. The highest BCUT2D eigenvalue weighted by Gasteiger charge is 2.08. The van der Waals surface area contributed by atoms with Crippen LogP contribution in [-0.4, -0.2) is 25.4 Å². The molecule has 0 spiro atoms. The molecule has 1 aromatic carbocycles. The summed E-state index contributed by atoms with van der Waals surface area (Å²) in [5, 5.41) is 3.46. The maximum Gasteiger partial charge on any atom is 0.119 e. The molecule has 0 aliphatic rings. The molecule has 0 atom stereocenters. The van der Waals surface area contributed by atoms with E-state index in [1.807, 2.05) is 18.2 Å². The van der Waals surface area contributed by atoms with E-state index in [9.17, 15) is 0 Å². The molecular formula is C17H27NO2. The van der Waals surface area contributed by atoms with E-state index in [0.717, 1.165) is 18.7 Å². The fourth-order valence-corrected chi connectivity index (χ4v) is 1.56. The molecule has 0 aliphatic carbocycles. The first-order valence-corrected chi connectivity index (χ1v) is 7.17. The predicted molar refractivity (Wildman–Crippen MR) is 84.2 cm³/mol. The quantitative estimate of drug-likeness (QED) is 0.553. The second-order valence-corrected chi connectivity index (χ2v) is 5.79. The van der Waals surface area contributed by atoms with Gasteiger partial charge in [0.1, 0.15) is 12.4 Å². The van der Waals surface area contributed by atoms with Crippen molar-refractivity contribution in [2.75, 3.05) is 19.8 Å². The third-order valence-corrected chi connectivity index (χ3v) is 2.71. The molecule has 0 bridgehead atoms. The maximum absolute atomic E-state index is 5.62. The Labute approximate surface area is 123 Å². The van der Waals surface area contributed by atoms with Gasteiger partial charge in [-0.2, -0.15) is 0 Å². The van der Waals surface area contributed by atoms with Crippen LogP contribution in [0.4, 0.5) is 0 Å². The van der Waals surface area contributed by atoms with Crippen LogP contribution in [0.15, 0.2) is 36.9 Å². The van der Waals surface area contributed by atoms with Gasteiger partial charge in [-0.1, -0.05) is 18.2 Å². The Balaban J connectivity index is 2.23. The number of hydrogen-bond acceptors (Lipinski definition) is 3. The summed E-state index contributed by atoms with van der Waals surface area (Å²) in [6.45, 7) is 12.9. The summed E-state index contributed by atoms with van der Waals surface area (Å²) in [6, 6.07) is 8.19. The standard InChI is InChI=1S/C17H27NO2/c1-5-6-11-19-12-13-20-16-9-7-15(8-10-16)14-18-17(2,3)4/h5,7-10,18H,1,6,11-14H2,2-4H3. The molecule has 0 fully saturated rings. The van der Waals surface area contributed by atoms with Crippen LogP contribution in [0.5, 0.6) is 5.75 Å². The Morgan fingerprint density at radius 3 is 2.40 bits per heavy atom. The third kappa shape index (κ3) is 7.97. The van der Waals surface area contributed by atoms with E-state index in [2.05, 4.69) is 44.8 Å². The lowest BCUT2D eigenvalue weighted by atomic mass is 10.1. The second-order valence-electron chi connectivity index (χ2n) is 5.79. The average molecular weight is 277 g/mol. The van der Waals surface area contributed by atoms with Crippen molar-refractivity contribution in [3.63, 3.8) is 0 Å². The minimum atomic E-state index is 0.137. The van der Waals surface area contributed by atoms with Gasteiger partial charge in [0, 0.05) is 12.1 Å². The van der Waals surface area contributed by atoms with Gasteiger partial charge in [-0.25, -0.2) is 0 Å². The Morgan fingerprint density at radius 1 is 1.10 bits per heavy atom. The van der Waals surface area contributed by atoms with Crippen LogP contribution in [-0.2, 0) is 11.3 Å². The smallest absolute Gasteiger partial charge is 0.119 e. The fraction of sp³-hybridized carbons (Fsp3) is 0.529. The van der Waals surface area contributed by atoms with Gasteiger partial charge in [-0.15, -0.1) is 6.58 Å². The Morgan fingerprint density at radius 2 is 1.80 bits per heavy atom. The van der Waals surface area contributed by atoms with E-state index in [0.29, 0.717) is 19.8 Å². The lowest BCUT2D eigenvalue weighted by molar-refractivity contribution is 0.103. The molecule has 0 unspecified atom stereocenters. The van der Waals surface area contributed by atoms with Crippen LogP contribution in [0.25, 0.3) is 0 Å². The van der Waals surface area contributed by atoms with Crippen molar-refractivity contribution in [2.45, 2.75) is 39.3 Å². The Bertz CT molecular complexity index is 379. The molecule has 3 heteroatoms. The normalized spacial score (nSPS) is 11.3. The number of ether oxygens (including phenoxy) is 2. The monoisotopic (exact) mass is 277 g/mol. The first-order valence-electron chi connectivity index (χ1n) is 7.17. The molecule has 112 valence electrons. The number of rotatable bonds is 9. The third-order valence-electron chi connectivity index (χ3n) is 2.71. The van der Waals surface area contributed by atoms with Gasteiger partial charge in [0.25, 0.3) is 0 Å². The summed E-state index contributed by atoms with van der Waals surface area (Å²) in [4.78, 5) is 0. The maximum atomic E-state index is 5.62. The molecule has 1 rings (SSSR count). The van der Waals surface area contributed by atoms with Gasteiger partial charge < -0.3 is 14.8 Å². The molecule has 0 saturated heterocycles. The minimum absolute atomic E-state index is 0.137. The first-order chi connectivity index (χ1) is 9.51. The summed E-state index contributed by atoms with van der Waals surface area (Å²) in [5.41, 5.74) is 1.40. The first kappa shape index (κ1) is 16.7. The van der Waals surface area contributed by atoms with Crippen LogP contribution >= 0.6 is 0 Å². The summed E-state index contributed by atoms with van der Waals surface area (Å²) >= 11 is 0. The number of nitrogens with one attached hydrogen (secondary N) is 1. The molecule has 0 amide bonds. The Kier molecular flexibility index (Phi) is 7.34. The zero-order valence-corrected chi connectivity index (χ0v) is 12.9. The van der Waals surface area contributed by atoms with Crippen molar-refractivity contribution in [3.05, 3.63) is 42.5 Å². The highest BCUT2D eigenvalue weighted by Crippen LogP contribution is 2.13. The topological polar surface area (TPSA) is 30.5 Å². The molecule has 0 aromatic heterocycles. The average Bonchev–Trinajstić information content (AvgIpc) is 2.41. The molecule has 1 aromatic rings. The molecule has 20 heavy (non-hydrogen) atoms. The molecule has 1 N–H and O–H groups in total. The van der Waals surface area contributed by atoms with E-state index < -0.39 is 0 Å². The lowest BCUT2D eigenvalue weighted by Gasteiger charge is -2.20. The SMILES string of the molecule is C=CCCOCCOc1ccc(CNC(C)(C)C)cc1. The minimum Gasteiger partial charge on any atom is -0.491 e. The van der Waals surface area contributed by atoms with Gasteiger partial charge in [0.05, 0.1) is 13.2 Å². The van der Waals surface area contributed by atoms with Crippen LogP contribution in [0.3, 0.4) is 0 Å². The van der Waals surface area contributed by atoms with E-state index in [4.69, 9.17) is 9.47 Å². The van der Waals surface area contributed by atoms with Crippen molar-refractivity contribution in [2.24, 2.45) is 0 Å². The van der Waals surface area contributed by atoms with Crippen LogP contribution < -0.4 is 10.1 Å². The van der Waals surface area contributed by atoms with Crippen LogP contribution in [0, 0.1) is 0 Å². The number of hydrogen-bond donors (Lipinski definition) is 1. The van der Waals surface area contributed by atoms with Crippen molar-refractivity contribution < 1.29 is 9.47 Å². The van der Waals surface area contributed by atoms with Crippen molar-refractivity contribution in [1.82, 2.24) is 5.32 Å². The van der Waals surface area contributed by atoms with Gasteiger partial charge in [0.2, 0.25) is 0 Å². The van der Waals surface area contributed by atoms with Crippen molar-refractivity contribution in [1.29, 1.82) is 0 Å². The molecule has 0 saturated carbocycles. The summed E-state index contributed by atoms with van der Waals surface area (Å²) < 4.78 is 11.0. The van der Waals surface area contributed by atoms with Crippen LogP contribution in [0.2, 0.25) is 0 Å². The summed E-state index contributed by atoms with van der Waals surface area (Å²) in [6.07, 6.45) is 2.74. The highest BCUT2D eigenvalue weighted by molar-refractivity contribution is 5.27. The second kappa shape index (κ2) is 8.77. The highest BCUT2D eigenvalue weighted by atomic mass is 16.5. The van der Waals surface area contributed by atoms with Gasteiger partial charge in [-0.3, -0.25) is 0 Å². The van der Waals surface area contributed by atoms with E-state index >= 15 is 0 Å². The zero-order valence-electron chi connectivity index (χ0n) is 12.9. The van der Waals surface area contributed by atoms with Gasteiger partial charge in [0.15, 0.2) is 0 Å². The predicted octanol–water partition coefficient (Wildman–Crippen LogP) is 3.55. The zero-order chi connectivity index (χ0) is 14.8. The lowest BCUT2D eigenvalue weighted by Crippen LogP contribution is -2.35. The molecule has 0 radical (unpaired) electrons. The number of benzene rings is 1. The van der Waals surface area contributed by atoms with Gasteiger partial charge in [-0.05, 0) is 44.9 Å². The van der Waals surface area contributed by atoms with Crippen molar-refractivity contribution >= 4 is 0 Å². The fourth-order valence-electron chi connectivity index (χ4n) is 1.56. The van der Waals surface area contributed by atoms with Gasteiger partial charge >= 0.3 is 0 Å². The summed E-state index contributed by atoms with van der Waals surface area (Å²) in [5.74, 6) is 0.886. The molecule has 0 heterocycles. The van der Waals surface area contributed by atoms with E-state index in [1.54, 1.807) is 0 Å². The molecule has 3 nitrogen and oxygen atoms in total.